The fourth-order valence-corrected chi connectivity index (χ4v) is 4.35. The Morgan fingerprint density at radius 3 is 2.37 bits per heavy atom. The lowest BCUT2D eigenvalue weighted by Crippen LogP contribution is -2.23. The predicted molar refractivity (Wildman–Crippen MR) is 121 cm³/mol. The summed E-state index contributed by atoms with van der Waals surface area (Å²) in [5.41, 5.74) is -3.72. The molecule has 35 heavy (non-hydrogen) atoms. The lowest BCUT2D eigenvalue weighted by molar-refractivity contribution is -0.0436. The average Bonchev–Trinajstić information content (AvgIpc) is 3.33. The van der Waals surface area contributed by atoms with Crippen molar-refractivity contribution in [3.8, 4) is 22.8 Å². The highest BCUT2D eigenvalue weighted by molar-refractivity contribution is 7.92. The second-order valence-corrected chi connectivity index (χ2v) is 9.33. The number of fused-ring (bicyclic) bond motifs is 1. The summed E-state index contributed by atoms with van der Waals surface area (Å²) in [6.07, 6.45) is 4.51. The lowest BCUT2D eigenvalue weighted by atomic mass is 10.1. The van der Waals surface area contributed by atoms with Gasteiger partial charge >= 0.3 is 5.51 Å². The molecule has 8 nitrogen and oxygen atoms in total. The van der Waals surface area contributed by atoms with E-state index in [1.165, 1.54) is 35.3 Å². The molecule has 0 unspecified atom stereocenters. The minimum absolute atomic E-state index is 0.0397. The average molecular weight is 497 g/mol. The van der Waals surface area contributed by atoms with Crippen LogP contribution in [0.5, 0.6) is 0 Å². The van der Waals surface area contributed by atoms with Gasteiger partial charge in [0.25, 0.3) is 9.84 Å². The zero-order valence-electron chi connectivity index (χ0n) is 17.6. The highest BCUT2D eigenvalue weighted by Crippen LogP contribution is 2.30. The van der Waals surface area contributed by atoms with Crippen LogP contribution in [0.2, 0.25) is 0 Å². The molecule has 0 N–H and O–H groups in total. The first-order chi connectivity index (χ1) is 16.7. The van der Waals surface area contributed by atoms with E-state index in [1.54, 1.807) is 23.0 Å². The van der Waals surface area contributed by atoms with Crippen molar-refractivity contribution in [3.05, 3.63) is 95.5 Å². The highest BCUT2D eigenvalue weighted by Gasteiger charge is 2.46. The van der Waals surface area contributed by atoms with E-state index in [1.807, 2.05) is 24.3 Å². The summed E-state index contributed by atoms with van der Waals surface area (Å²) in [6.45, 7) is 0. The Balaban J connectivity index is 1.59. The van der Waals surface area contributed by atoms with Crippen molar-refractivity contribution in [3.63, 3.8) is 0 Å². The molecule has 0 atom stereocenters. The molecule has 5 rings (SSSR count). The van der Waals surface area contributed by atoms with Crippen molar-refractivity contribution >= 4 is 20.7 Å². The van der Waals surface area contributed by atoms with Crippen LogP contribution >= 0.6 is 0 Å². The SMILES string of the molecule is O=c1ccn(-c2ccc(S(=O)(=O)C(F)(F)F)cc2)nc1-c1ccnn1-c1cccc2ncccc12. The van der Waals surface area contributed by atoms with Crippen molar-refractivity contribution in [2.45, 2.75) is 10.4 Å². The number of rotatable bonds is 4. The molecule has 0 saturated heterocycles. The Morgan fingerprint density at radius 1 is 0.857 bits per heavy atom. The van der Waals surface area contributed by atoms with Crippen molar-refractivity contribution in [2.75, 3.05) is 0 Å². The van der Waals surface area contributed by atoms with Gasteiger partial charge in [-0.05, 0) is 54.6 Å². The topological polar surface area (TPSA) is 99.7 Å². The van der Waals surface area contributed by atoms with Gasteiger partial charge < -0.3 is 0 Å². The van der Waals surface area contributed by atoms with Crippen LogP contribution in [0, 0.1) is 0 Å². The van der Waals surface area contributed by atoms with Gasteiger partial charge in [0.2, 0.25) is 5.43 Å². The molecule has 12 heteroatoms. The number of aromatic nitrogens is 5. The number of pyridine rings is 1. The van der Waals surface area contributed by atoms with Gasteiger partial charge in [-0.25, -0.2) is 17.8 Å². The van der Waals surface area contributed by atoms with Crippen molar-refractivity contribution in [1.82, 2.24) is 24.5 Å². The molecular formula is C23H14F3N5O3S. The van der Waals surface area contributed by atoms with Crippen molar-refractivity contribution in [2.24, 2.45) is 0 Å². The fraction of sp³-hybridized carbons (Fsp3) is 0.0435. The summed E-state index contributed by atoms with van der Waals surface area (Å²) in [5.74, 6) is 0. The summed E-state index contributed by atoms with van der Waals surface area (Å²) >= 11 is 0. The minimum Gasteiger partial charge on any atom is -0.287 e. The quantitative estimate of drug-likeness (QED) is 0.373. The molecular weight excluding hydrogens is 483 g/mol. The standard InChI is InChI=1S/C23H14F3N5O3S/c24-23(25,26)35(33,34)16-8-6-15(7-9-16)30-14-11-21(32)22(29-30)20-10-13-28-31(20)19-5-1-4-18-17(19)3-2-12-27-18/h1-14H. The van der Waals surface area contributed by atoms with Crippen molar-refractivity contribution < 1.29 is 21.6 Å². The lowest BCUT2D eigenvalue weighted by Gasteiger charge is -2.12. The first-order valence-electron chi connectivity index (χ1n) is 10.1. The van der Waals surface area contributed by atoms with Crippen LogP contribution in [0.25, 0.3) is 33.7 Å². The van der Waals surface area contributed by atoms with Gasteiger partial charge in [0.15, 0.2) is 5.69 Å². The van der Waals surface area contributed by atoms with Gasteiger partial charge in [-0.1, -0.05) is 6.07 Å². The van der Waals surface area contributed by atoms with Gasteiger partial charge in [0.1, 0.15) is 0 Å². The zero-order valence-corrected chi connectivity index (χ0v) is 18.4. The highest BCUT2D eigenvalue weighted by atomic mass is 32.2. The van der Waals surface area contributed by atoms with Gasteiger partial charge in [0.05, 0.1) is 33.7 Å². The first kappa shape index (κ1) is 22.5. The monoisotopic (exact) mass is 497 g/mol. The van der Waals surface area contributed by atoms with Gasteiger partial charge in [-0.15, -0.1) is 0 Å². The smallest absolute Gasteiger partial charge is 0.287 e. The normalized spacial score (nSPS) is 12.2. The third-order valence-corrected chi connectivity index (χ3v) is 6.76. The number of nitrogens with zero attached hydrogens (tertiary/aromatic N) is 5. The largest absolute Gasteiger partial charge is 0.501 e. The van der Waals surface area contributed by atoms with Crippen LogP contribution in [0.1, 0.15) is 0 Å². The maximum Gasteiger partial charge on any atom is 0.501 e. The number of sulfone groups is 1. The van der Waals surface area contributed by atoms with E-state index >= 15 is 0 Å². The second-order valence-electron chi connectivity index (χ2n) is 7.39. The second kappa shape index (κ2) is 8.17. The van der Waals surface area contributed by atoms with Gasteiger partial charge in [0, 0.05) is 23.8 Å². The molecule has 0 aliphatic heterocycles. The van der Waals surface area contributed by atoms with Crippen LogP contribution < -0.4 is 5.43 Å². The predicted octanol–water partition coefficient (Wildman–Crippen LogP) is 3.93. The molecule has 0 saturated carbocycles. The molecule has 0 spiro atoms. The summed E-state index contributed by atoms with van der Waals surface area (Å²) in [5, 5.41) is 9.50. The molecule has 176 valence electrons. The summed E-state index contributed by atoms with van der Waals surface area (Å²) < 4.78 is 64.5. The number of hydrogen-bond donors (Lipinski definition) is 0. The van der Waals surface area contributed by atoms with E-state index in [9.17, 15) is 26.4 Å². The van der Waals surface area contributed by atoms with Crippen LogP contribution in [0.4, 0.5) is 13.2 Å². The van der Waals surface area contributed by atoms with E-state index in [0.29, 0.717) is 11.4 Å². The molecule has 3 aromatic heterocycles. The minimum atomic E-state index is -5.48. The fourth-order valence-electron chi connectivity index (χ4n) is 3.59. The number of halogens is 3. The van der Waals surface area contributed by atoms with Gasteiger partial charge in [-0.2, -0.15) is 23.4 Å². The Hall–Kier alpha value is -4.32. The van der Waals surface area contributed by atoms with Crippen LogP contribution in [0.15, 0.2) is 95.0 Å². The Morgan fingerprint density at radius 2 is 1.63 bits per heavy atom. The number of hydrogen-bond acceptors (Lipinski definition) is 6. The molecule has 0 amide bonds. The molecule has 0 aliphatic rings. The molecule has 0 aliphatic carbocycles. The Labute approximate surface area is 195 Å². The summed E-state index contributed by atoms with van der Waals surface area (Å²) in [4.78, 5) is 16.1. The van der Waals surface area contributed by atoms with E-state index in [-0.39, 0.29) is 11.4 Å². The van der Waals surface area contributed by atoms with E-state index in [0.717, 1.165) is 23.0 Å². The summed E-state index contributed by atoms with van der Waals surface area (Å²) in [7, 11) is -5.48. The number of benzene rings is 2. The van der Waals surface area contributed by atoms with Gasteiger partial charge in [-0.3, -0.25) is 9.78 Å². The van der Waals surface area contributed by atoms with E-state index in [2.05, 4.69) is 15.2 Å². The third-order valence-electron chi connectivity index (χ3n) is 5.26. The maximum absolute atomic E-state index is 12.8. The maximum atomic E-state index is 12.8. The Bertz CT molecular complexity index is 1720. The molecule has 0 fully saturated rings. The van der Waals surface area contributed by atoms with E-state index in [4.69, 9.17) is 0 Å². The van der Waals surface area contributed by atoms with E-state index < -0.39 is 25.7 Å². The molecule has 2 aromatic carbocycles. The zero-order chi connectivity index (χ0) is 24.8. The van der Waals surface area contributed by atoms with Crippen LogP contribution in [-0.4, -0.2) is 38.5 Å². The summed E-state index contributed by atoms with van der Waals surface area (Å²) in [6, 6.07) is 16.0. The molecule has 0 bridgehead atoms. The Kier molecular flexibility index (Phi) is 5.24. The third kappa shape index (κ3) is 3.87. The molecule has 3 heterocycles. The van der Waals surface area contributed by atoms with Crippen LogP contribution in [0.3, 0.4) is 0 Å². The van der Waals surface area contributed by atoms with Crippen molar-refractivity contribution in [1.29, 1.82) is 0 Å². The number of alkyl halides is 3. The molecule has 5 aromatic rings. The van der Waals surface area contributed by atoms with Crippen LogP contribution in [-0.2, 0) is 9.84 Å². The molecule has 0 radical (unpaired) electrons. The first-order valence-corrected chi connectivity index (χ1v) is 11.6.